The van der Waals surface area contributed by atoms with Crippen molar-refractivity contribution in [1.29, 1.82) is 0 Å². The summed E-state index contributed by atoms with van der Waals surface area (Å²) in [6, 6.07) is 1.11. The number of hydrogen-bond donors (Lipinski definition) is 1. The monoisotopic (exact) mass is 397 g/mol. The maximum absolute atomic E-state index is 12.8. The number of rotatable bonds is 3. The summed E-state index contributed by atoms with van der Waals surface area (Å²) in [5.41, 5.74) is 3.30. The summed E-state index contributed by atoms with van der Waals surface area (Å²) >= 11 is 0. The number of likely N-dealkylation sites (tertiary alicyclic amines) is 1. The van der Waals surface area contributed by atoms with Crippen molar-refractivity contribution < 1.29 is 23.5 Å². The van der Waals surface area contributed by atoms with Crippen molar-refractivity contribution in [3.8, 4) is 0 Å². The molecule has 0 radical (unpaired) electrons. The van der Waals surface area contributed by atoms with Crippen LogP contribution >= 0.6 is 0 Å². The highest BCUT2D eigenvalue weighted by Crippen LogP contribution is 2.34. The second kappa shape index (κ2) is 6.76. The molecule has 7 heteroatoms. The molecule has 7 nitrogen and oxygen atoms in total. The standard InChI is InChI=1S/C22H23NO6/c1-10-13(4)28-19-12(3)20-15(8-14(10)19)11(2)16(22(27)29-20)9-18(24)23-7-5-6-17(23)21(25)26/h8,17H,5-7,9H2,1-4H3,(H,25,26)/t17-/m0/s1. The van der Waals surface area contributed by atoms with Crippen LogP contribution in [0.5, 0.6) is 0 Å². The lowest BCUT2D eigenvalue weighted by molar-refractivity contribution is -0.148. The van der Waals surface area contributed by atoms with E-state index in [0.29, 0.717) is 36.1 Å². The largest absolute Gasteiger partial charge is 0.480 e. The van der Waals surface area contributed by atoms with Crippen molar-refractivity contribution in [2.75, 3.05) is 6.54 Å². The number of carboxylic acids is 1. The summed E-state index contributed by atoms with van der Waals surface area (Å²) in [7, 11) is 0. The summed E-state index contributed by atoms with van der Waals surface area (Å²) in [5.74, 6) is -0.567. The molecular formula is C22H23NO6. The first-order valence-electron chi connectivity index (χ1n) is 9.68. The molecule has 152 valence electrons. The highest BCUT2D eigenvalue weighted by atomic mass is 16.4. The third kappa shape index (κ3) is 2.92. The number of nitrogens with zero attached hydrogens (tertiary/aromatic N) is 1. The minimum absolute atomic E-state index is 0.172. The molecule has 0 aliphatic carbocycles. The van der Waals surface area contributed by atoms with E-state index in [-0.39, 0.29) is 17.9 Å². The van der Waals surface area contributed by atoms with Crippen LogP contribution in [0, 0.1) is 27.7 Å². The normalized spacial score (nSPS) is 16.8. The van der Waals surface area contributed by atoms with Gasteiger partial charge in [0, 0.05) is 22.9 Å². The van der Waals surface area contributed by atoms with E-state index < -0.39 is 17.6 Å². The van der Waals surface area contributed by atoms with Crippen LogP contribution in [0.3, 0.4) is 0 Å². The van der Waals surface area contributed by atoms with Gasteiger partial charge in [-0.25, -0.2) is 9.59 Å². The van der Waals surface area contributed by atoms with E-state index in [0.717, 1.165) is 27.7 Å². The first-order chi connectivity index (χ1) is 13.7. The molecule has 3 aromatic rings. The van der Waals surface area contributed by atoms with Crippen LogP contribution in [0.2, 0.25) is 0 Å². The summed E-state index contributed by atoms with van der Waals surface area (Å²) in [6.07, 6.45) is 0.904. The van der Waals surface area contributed by atoms with E-state index >= 15 is 0 Å². The smallest absolute Gasteiger partial charge is 0.340 e. The molecule has 1 N–H and O–H groups in total. The summed E-state index contributed by atoms with van der Waals surface area (Å²) in [6.45, 7) is 7.91. The van der Waals surface area contributed by atoms with Crippen molar-refractivity contribution in [3.05, 3.63) is 44.5 Å². The lowest BCUT2D eigenvalue weighted by Crippen LogP contribution is -2.41. The molecule has 29 heavy (non-hydrogen) atoms. The van der Waals surface area contributed by atoms with Gasteiger partial charge in [0.2, 0.25) is 5.91 Å². The fourth-order valence-corrected chi connectivity index (χ4v) is 4.27. The molecule has 0 bridgehead atoms. The maximum Gasteiger partial charge on any atom is 0.340 e. The Hall–Kier alpha value is -3.09. The maximum atomic E-state index is 12.8. The van der Waals surface area contributed by atoms with E-state index in [1.54, 1.807) is 6.92 Å². The molecule has 4 rings (SSSR count). The predicted octanol–water partition coefficient (Wildman–Crippen LogP) is 3.39. The molecule has 1 aromatic carbocycles. The van der Waals surface area contributed by atoms with Gasteiger partial charge in [0.05, 0.1) is 12.0 Å². The van der Waals surface area contributed by atoms with Crippen LogP contribution in [-0.2, 0) is 16.0 Å². The fourth-order valence-electron chi connectivity index (χ4n) is 4.27. The Bertz CT molecular complexity index is 1230. The van der Waals surface area contributed by atoms with Crippen molar-refractivity contribution in [3.63, 3.8) is 0 Å². The van der Waals surface area contributed by atoms with E-state index in [2.05, 4.69) is 0 Å². The van der Waals surface area contributed by atoms with Crippen LogP contribution < -0.4 is 5.63 Å². The minimum Gasteiger partial charge on any atom is -0.480 e. The molecule has 1 saturated heterocycles. The van der Waals surface area contributed by atoms with E-state index in [1.165, 1.54) is 4.90 Å². The van der Waals surface area contributed by atoms with Crippen molar-refractivity contribution in [2.24, 2.45) is 0 Å². The molecule has 1 aliphatic rings. The minimum atomic E-state index is -1.01. The molecule has 1 fully saturated rings. The van der Waals surface area contributed by atoms with Gasteiger partial charge >= 0.3 is 11.6 Å². The van der Waals surface area contributed by atoms with Crippen LogP contribution in [0.4, 0.5) is 0 Å². The molecule has 1 aliphatic heterocycles. The number of carbonyl (C=O) groups excluding carboxylic acids is 1. The number of amides is 1. The Morgan fingerprint density at radius 2 is 1.72 bits per heavy atom. The number of benzene rings is 1. The quantitative estimate of drug-likeness (QED) is 0.680. The van der Waals surface area contributed by atoms with Crippen LogP contribution in [0.25, 0.3) is 21.9 Å². The zero-order valence-electron chi connectivity index (χ0n) is 16.9. The summed E-state index contributed by atoms with van der Waals surface area (Å²) < 4.78 is 11.4. The van der Waals surface area contributed by atoms with Gasteiger partial charge in [-0.3, -0.25) is 4.79 Å². The zero-order valence-corrected chi connectivity index (χ0v) is 16.9. The average molecular weight is 397 g/mol. The zero-order chi connectivity index (χ0) is 21.0. The van der Waals surface area contributed by atoms with Crippen LogP contribution in [0.1, 0.15) is 40.9 Å². The SMILES string of the molecule is Cc1oc2c(C)c3oc(=O)c(CC(=O)N4CCC[C@H]4C(=O)O)c(C)c3cc2c1C. The molecule has 1 amide bonds. The van der Waals surface area contributed by atoms with Gasteiger partial charge in [-0.15, -0.1) is 0 Å². The first kappa shape index (κ1) is 19.2. The number of aliphatic carboxylic acids is 1. The topological polar surface area (TPSA) is 101 Å². The lowest BCUT2D eigenvalue weighted by Gasteiger charge is -2.21. The third-order valence-electron chi connectivity index (χ3n) is 6.13. The first-order valence-corrected chi connectivity index (χ1v) is 9.68. The van der Waals surface area contributed by atoms with Gasteiger partial charge in [-0.1, -0.05) is 0 Å². The predicted molar refractivity (Wildman–Crippen MR) is 107 cm³/mol. The number of aryl methyl sites for hydroxylation is 4. The molecule has 1 atom stereocenters. The van der Waals surface area contributed by atoms with Crippen LogP contribution in [0.15, 0.2) is 19.7 Å². The number of hydrogen-bond acceptors (Lipinski definition) is 5. The average Bonchev–Trinajstić information content (AvgIpc) is 3.27. The second-order valence-electron chi connectivity index (χ2n) is 7.79. The molecule has 3 heterocycles. The van der Waals surface area contributed by atoms with E-state index in [1.807, 2.05) is 26.8 Å². The number of carboxylic acid groups (broad SMARTS) is 1. The highest BCUT2D eigenvalue weighted by molar-refractivity contribution is 6.00. The van der Waals surface area contributed by atoms with Crippen molar-refractivity contribution in [2.45, 2.75) is 53.0 Å². The lowest BCUT2D eigenvalue weighted by atomic mass is 9.98. The molecule has 2 aromatic heterocycles. The van der Waals surface area contributed by atoms with Gasteiger partial charge in [0.1, 0.15) is 23.0 Å². The van der Waals surface area contributed by atoms with Gasteiger partial charge in [0.25, 0.3) is 0 Å². The van der Waals surface area contributed by atoms with E-state index in [4.69, 9.17) is 8.83 Å². The number of carbonyl (C=O) groups is 2. The molecule has 0 saturated carbocycles. The third-order valence-corrected chi connectivity index (χ3v) is 6.13. The summed E-state index contributed by atoms with van der Waals surface area (Å²) in [5, 5.41) is 11.0. The summed E-state index contributed by atoms with van der Waals surface area (Å²) in [4.78, 5) is 38.2. The van der Waals surface area contributed by atoms with Gasteiger partial charge in [-0.2, -0.15) is 0 Å². The number of fused-ring (bicyclic) bond motifs is 2. The Balaban J connectivity index is 1.82. The highest BCUT2D eigenvalue weighted by Gasteiger charge is 2.34. The molecular weight excluding hydrogens is 374 g/mol. The van der Waals surface area contributed by atoms with Crippen molar-refractivity contribution in [1.82, 2.24) is 4.90 Å². The van der Waals surface area contributed by atoms with Gasteiger partial charge in [0.15, 0.2) is 0 Å². The van der Waals surface area contributed by atoms with E-state index in [9.17, 15) is 19.5 Å². The molecule has 0 unspecified atom stereocenters. The fraction of sp³-hybridized carbons (Fsp3) is 0.409. The van der Waals surface area contributed by atoms with Crippen LogP contribution in [-0.4, -0.2) is 34.5 Å². The Labute approximate surface area is 166 Å². The second-order valence-corrected chi connectivity index (χ2v) is 7.79. The Morgan fingerprint density at radius 3 is 2.41 bits per heavy atom. The molecule has 0 spiro atoms. The van der Waals surface area contributed by atoms with Crippen molar-refractivity contribution >= 4 is 33.8 Å². The van der Waals surface area contributed by atoms with Gasteiger partial charge < -0.3 is 18.8 Å². The Kier molecular flexibility index (Phi) is 4.48. The Morgan fingerprint density at radius 1 is 1.07 bits per heavy atom. The number of furan rings is 1. The van der Waals surface area contributed by atoms with Gasteiger partial charge in [-0.05, 0) is 57.7 Å².